The Morgan fingerprint density at radius 1 is 1.82 bits per heavy atom. The van der Waals surface area contributed by atoms with Crippen LogP contribution in [0.25, 0.3) is 0 Å². The van der Waals surface area contributed by atoms with E-state index in [1.54, 1.807) is 6.92 Å². The van der Waals surface area contributed by atoms with Crippen molar-refractivity contribution in [1.82, 2.24) is 5.32 Å². The molecule has 0 bridgehead atoms. The molecule has 0 aliphatic heterocycles. The van der Waals surface area contributed by atoms with Crippen molar-refractivity contribution >= 4 is 11.9 Å². The molecule has 0 saturated heterocycles. The van der Waals surface area contributed by atoms with Crippen LogP contribution in [0.3, 0.4) is 0 Å². The third-order valence-corrected chi connectivity index (χ3v) is 1.27. The fraction of sp³-hybridized carbons (Fsp3) is 0.667. The van der Waals surface area contributed by atoms with Crippen LogP contribution < -0.4 is 11.1 Å². The summed E-state index contributed by atoms with van der Waals surface area (Å²) in [5.74, 6) is -0.0875. The number of hydrogen-bond donors (Lipinski definition) is 3. The zero-order chi connectivity index (χ0) is 8.85. The largest absolute Gasteiger partial charge is 0.453 e. The van der Waals surface area contributed by atoms with Gasteiger partial charge in [0.05, 0.1) is 12.9 Å². The molecule has 1 unspecified atom stereocenters. The zero-order valence-corrected chi connectivity index (χ0v) is 6.68. The van der Waals surface area contributed by atoms with Gasteiger partial charge in [0, 0.05) is 12.5 Å². The number of hydrogen-bond acceptors (Lipinski definition) is 3. The molecular weight excluding hydrogens is 146 g/mol. The molecule has 0 aliphatic carbocycles. The normalized spacial score (nSPS) is 11.8. The molecule has 0 aromatic rings. The molecule has 1 atom stereocenters. The van der Waals surface area contributed by atoms with Crippen LogP contribution in [0.4, 0.5) is 4.79 Å². The summed E-state index contributed by atoms with van der Waals surface area (Å²) in [5.41, 5.74) is 5.15. The Labute approximate surface area is 65.4 Å². The Hall–Kier alpha value is -1.26. The van der Waals surface area contributed by atoms with E-state index in [0.717, 1.165) is 0 Å². The number of amides is 1. The molecule has 0 rings (SSSR count). The summed E-state index contributed by atoms with van der Waals surface area (Å²) in [5, 5.41) is 9.42. The minimum absolute atomic E-state index is 0.0569. The Balaban J connectivity index is 3.54. The summed E-state index contributed by atoms with van der Waals surface area (Å²) in [4.78, 5) is 10.5. The monoisotopic (exact) mass is 159 g/mol. The summed E-state index contributed by atoms with van der Waals surface area (Å²) < 4.78 is 4.32. The lowest BCUT2D eigenvalue weighted by atomic mass is 10.2. The van der Waals surface area contributed by atoms with Crippen LogP contribution in [0, 0.1) is 11.3 Å². The van der Waals surface area contributed by atoms with E-state index in [9.17, 15) is 4.79 Å². The lowest BCUT2D eigenvalue weighted by molar-refractivity contribution is 0.170. The van der Waals surface area contributed by atoms with Crippen LogP contribution >= 0.6 is 0 Å². The van der Waals surface area contributed by atoms with E-state index in [1.165, 1.54) is 7.11 Å². The summed E-state index contributed by atoms with van der Waals surface area (Å²) >= 11 is 0. The minimum atomic E-state index is -0.502. The van der Waals surface area contributed by atoms with Crippen molar-refractivity contribution in [3.05, 3.63) is 0 Å². The van der Waals surface area contributed by atoms with Crippen LogP contribution in [-0.2, 0) is 4.74 Å². The van der Waals surface area contributed by atoms with Crippen molar-refractivity contribution in [2.24, 2.45) is 11.7 Å². The van der Waals surface area contributed by atoms with Gasteiger partial charge in [0.2, 0.25) is 0 Å². The van der Waals surface area contributed by atoms with Crippen LogP contribution in [0.1, 0.15) is 6.92 Å². The van der Waals surface area contributed by atoms with Crippen molar-refractivity contribution in [2.45, 2.75) is 6.92 Å². The molecule has 0 fully saturated rings. The van der Waals surface area contributed by atoms with Crippen LogP contribution in [0.15, 0.2) is 0 Å². The lowest BCUT2D eigenvalue weighted by Gasteiger charge is -2.09. The highest BCUT2D eigenvalue weighted by atomic mass is 16.5. The second-order valence-corrected chi connectivity index (χ2v) is 2.23. The quantitative estimate of drug-likeness (QED) is 0.397. The first-order chi connectivity index (χ1) is 5.07. The minimum Gasteiger partial charge on any atom is -0.453 e. The molecule has 0 aromatic carbocycles. The van der Waals surface area contributed by atoms with Gasteiger partial charge in [0.15, 0.2) is 0 Å². The maximum absolute atomic E-state index is 10.5. The summed E-state index contributed by atoms with van der Waals surface area (Å²) in [6.07, 6.45) is -0.502. The predicted molar refractivity (Wildman–Crippen MR) is 41.5 cm³/mol. The Bertz CT molecular complexity index is 158. The molecule has 5 nitrogen and oxygen atoms in total. The number of nitrogens with two attached hydrogens (primary N) is 1. The third-order valence-electron chi connectivity index (χ3n) is 1.27. The highest BCUT2D eigenvalue weighted by Crippen LogP contribution is 1.89. The highest BCUT2D eigenvalue weighted by molar-refractivity contribution is 5.80. The summed E-state index contributed by atoms with van der Waals surface area (Å²) in [6.45, 7) is 2.08. The Morgan fingerprint density at radius 2 is 2.36 bits per heavy atom. The lowest BCUT2D eigenvalue weighted by Crippen LogP contribution is -2.33. The number of ether oxygens (including phenoxy) is 1. The standard InChI is InChI=1S/C6H13N3O2/c1-4(5(7)8)3-9-6(10)11-2/h4H,3H2,1-2H3,(H3,7,8)(H,9,10). The van der Waals surface area contributed by atoms with E-state index in [0.29, 0.717) is 6.54 Å². The van der Waals surface area contributed by atoms with Gasteiger partial charge in [-0.15, -0.1) is 0 Å². The van der Waals surface area contributed by atoms with E-state index >= 15 is 0 Å². The van der Waals surface area contributed by atoms with E-state index < -0.39 is 6.09 Å². The van der Waals surface area contributed by atoms with E-state index in [4.69, 9.17) is 11.1 Å². The molecule has 0 radical (unpaired) electrons. The fourth-order valence-corrected chi connectivity index (χ4v) is 0.419. The van der Waals surface area contributed by atoms with Gasteiger partial charge in [-0.2, -0.15) is 0 Å². The summed E-state index contributed by atoms with van der Waals surface area (Å²) in [7, 11) is 1.29. The molecule has 0 spiro atoms. The molecule has 0 heterocycles. The molecule has 5 heteroatoms. The highest BCUT2D eigenvalue weighted by Gasteiger charge is 2.06. The maximum atomic E-state index is 10.5. The van der Waals surface area contributed by atoms with E-state index in [-0.39, 0.29) is 11.8 Å². The smallest absolute Gasteiger partial charge is 0.406 e. The predicted octanol–water partition coefficient (Wildman–Crippen LogP) is -0.0855. The molecule has 0 saturated carbocycles. The molecular formula is C6H13N3O2. The van der Waals surface area contributed by atoms with Crippen LogP contribution in [0.5, 0.6) is 0 Å². The van der Waals surface area contributed by atoms with Gasteiger partial charge < -0.3 is 15.8 Å². The van der Waals surface area contributed by atoms with Gasteiger partial charge in [-0.3, -0.25) is 5.41 Å². The number of amidine groups is 1. The number of carbonyl (C=O) groups excluding carboxylic acids is 1. The van der Waals surface area contributed by atoms with Crippen molar-refractivity contribution in [2.75, 3.05) is 13.7 Å². The van der Waals surface area contributed by atoms with Gasteiger partial charge in [-0.1, -0.05) is 6.92 Å². The third kappa shape index (κ3) is 4.19. The average molecular weight is 159 g/mol. The molecule has 64 valence electrons. The van der Waals surface area contributed by atoms with Crippen molar-refractivity contribution in [3.8, 4) is 0 Å². The Morgan fingerprint density at radius 3 is 2.73 bits per heavy atom. The molecule has 1 amide bonds. The zero-order valence-electron chi connectivity index (χ0n) is 6.68. The van der Waals surface area contributed by atoms with Crippen molar-refractivity contribution in [1.29, 1.82) is 5.41 Å². The van der Waals surface area contributed by atoms with Gasteiger partial charge in [0.1, 0.15) is 0 Å². The first-order valence-electron chi connectivity index (χ1n) is 3.23. The van der Waals surface area contributed by atoms with Crippen molar-refractivity contribution in [3.63, 3.8) is 0 Å². The van der Waals surface area contributed by atoms with Gasteiger partial charge in [-0.05, 0) is 0 Å². The maximum Gasteiger partial charge on any atom is 0.406 e. The van der Waals surface area contributed by atoms with Gasteiger partial charge >= 0.3 is 6.09 Å². The average Bonchev–Trinajstić information content (AvgIpc) is 1.99. The van der Waals surface area contributed by atoms with Gasteiger partial charge in [0.25, 0.3) is 0 Å². The number of carbonyl (C=O) groups is 1. The fourth-order valence-electron chi connectivity index (χ4n) is 0.419. The Kier molecular flexibility index (Phi) is 4.02. The van der Waals surface area contributed by atoms with Crippen molar-refractivity contribution < 1.29 is 9.53 Å². The number of methoxy groups -OCH3 is 1. The summed E-state index contributed by atoms with van der Waals surface area (Å²) in [6, 6.07) is 0. The van der Waals surface area contributed by atoms with Gasteiger partial charge in [-0.25, -0.2) is 4.79 Å². The topological polar surface area (TPSA) is 88.2 Å². The molecule has 4 N–H and O–H groups in total. The number of rotatable bonds is 3. The molecule has 0 aromatic heterocycles. The van der Waals surface area contributed by atoms with Crippen LogP contribution in [0.2, 0.25) is 0 Å². The molecule has 11 heavy (non-hydrogen) atoms. The SMILES string of the molecule is COC(=O)NCC(C)C(=N)N. The molecule has 0 aliphatic rings. The first-order valence-corrected chi connectivity index (χ1v) is 3.23. The van der Waals surface area contributed by atoms with E-state index in [2.05, 4.69) is 10.1 Å². The van der Waals surface area contributed by atoms with Crippen LogP contribution in [-0.4, -0.2) is 25.6 Å². The van der Waals surface area contributed by atoms with E-state index in [1.807, 2.05) is 0 Å². The number of alkyl carbamates (subject to hydrolysis) is 1. The second kappa shape index (κ2) is 4.54. The first kappa shape index (κ1) is 9.74. The number of nitrogens with one attached hydrogen (secondary N) is 2. The second-order valence-electron chi connectivity index (χ2n) is 2.23.